The van der Waals surface area contributed by atoms with Crippen molar-refractivity contribution in [1.82, 2.24) is 0 Å². The van der Waals surface area contributed by atoms with E-state index in [-0.39, 0.29) is 27.2 Å². The first kappa shape index (κ1) is 14.0. The molecule has 0 aliphatic rings. The van der Waals surface area contributed by atoms with Crippen LogP contribution in [-0.2, 0) is 0 Å². The van der Waals surface area contributed by atoms with Crippen LogP contribution in [0.4, 0.5) is 0 Å². The van der Waals surface area contributed by atoms with Crippen LogP contribution in [0.5, 0.6) is 5.75 Å². The molecule has 0 bridgehead atoms. The topological polar surface area (TPSA) is 80.5 Å². The van der Waals surface area contributed by atoms with Crippen molar-refractivity contribution in [3.8, 4) is 17.2 Å². The minimum absolute atomic E-state index is 0. The van der Waals surface area contributed by atoms with Crippen LogP contribution in [0.25, 0.3) is 33.5 Å². The summed E-state index contributed by atoms with van der Waals surface area (Å²) in [5.74, 6) is -0.294. The molecule has 2 aromatic carbocycles. The van der Waals surface area contributed by atoms with E-state index in [2.05, 4.69) is 4.98 Å². The van der Waals surface area contributed by atoms with Crippen LogP contribution in [0.3, 0.4) is 0 Å². The summed E-state index contributed by atoms with van der Waals surface area (Å²) in [5, 5.41) is 12.8. The van der Waals surface area contributed by atoms with Gasteiger partial charge in [-0.3, -0.25) is 0 Å². The number of aromatic amines is 1. The Bertz CT molecular complexity index is 1000. The zero-order chi connectivity index (χ0) is 14.4. The Morgan fingerprint density at radius 2 is 1.59 bits per heavy atom. The fourth-order valence-corrected chi connectivity index (χ4v) is 2.35. The molecule has 0 saturated carbocycles. The normalized spacial score (nSPS) is 10.7. The van der Waals surface area contributed by atoms with Gasteiger partial charge in [-0.2, -0.15) is 4.98 Å². The summed E-state index contributed by atoms with van der Waals surface area (Å²) in [6.45, 7) is 0. The number of fused-ring (bicyclic) bond motifs is 2. The Morgan fingerprint density at radius 1 is 0.909 bits per heavy atom. The Balaban J connectivity index is 0.00000144. The molecule has 2 aromatic heterocycles. The Hall–Kier alpha value is -2.91. The molecule has 102 valence electrons. The number of H-pyrrole nitrogens is 1. The molecule has 0 unspecified atom stereocenters. The summed E-state index contributed by atoms with van der Waals surface area (Å²) in [6, 6.07) is 13.8. The summed E-state index contributed by atoms with van der Waals surface area (Å²) >= 11 is 0. The maximum absolute atomic E-state index is 12.5. The maximum atomic E-state index is 12.5. The number of aromatic nitrogens is 1. The predicted octanol–water partition coefficient (Wildman–Crippen LogP) is 1.71. The van der Waals surface area contributed by atoms with Crippen molar-refractivity contribution in [2.45, 2.75) is 0 Å². The molecule has 6 heteroatoms. The molecule has 0 fully saturated rings. The first-order valence-electron chi connectivity index (χ1n) is 6.38. The van der Waals surface area contributed by atoms with Gasteiger partial charge in [0.15, 0.2) is 5.56 Å². The molecule has 0 spiro atoms. The van der Waals surface area contributed by atoms with Crippen LogP contribution in [-0.4, -0.2) is 10.1 Å². The molecule has 0 atom stereocenters. The summed E-state index contributed by atoms with van der Waals surface area (Å²) in [5.41, 5.74) is 0.713. The van der Waals surface area contributed by atoms with Crippen molar-refractivity contribution in [3.05, 3.63) is 59.0 Å². The van der Waals surface area contributed by atoms with E-state index in [9.17, 15) is 9.90 Å². The molecule has 0 radical (unpaired) electrons. The van der Waals surface area contributed by atoms with Crippen molar-refractivity contribution < 1.29 is 18.9 Å². The summed E-state index contributed by atoms with van der Waals surface area (Å²) < 4.78 is 10.7. The van der Waals surface area contributed by atoms with Crippen molar-refractivity contribution in [3.63, 3.8) is 0 Å². The second kappa shape index (κ2) is 5.13. The third-order valence-electron chi connectivity index (χ3n) is 3.34. The van der Waals surface area contributed by atoms with Crippen LogP contribution >= 0.6 is 0 Å². The smallest absolute Gasteiger partial charge is 0.871 e. The molecular formula is C16H9BeNO4+2. The van der Waals surface area contributed by atoms with E-state index in [0.717, 1.165) is 0 Å². The number of benzene rings is 2. The molecule has 5 nitrogen and oxygen atoms in total. The van der Waals surface area contributed by atoms with E-state index in [4.69, 9.17) is 8.83 Å². The fraction of sp³-hybridized carbons (Fsp3) is 0. The molecule has 0 saturated heterocycles. The van der Waals surface area contributed by atoms with Gasteiger partial charge in [0.2, 0.25) is 11.1 Å². The minimum atomic E-state index is -0.714. The number of para-hydroxylation sites is 3. The van der Waals surface area contributed by atoms with Gasteiger partial charge in [0.1, 0.15) is 5.58 Å². The van der Waals surface area contributed by atoms with Crippen LogP contribution in [0, 0.1) is 0 Å². The first-order chi connectivity index (χ1) is 10.2. The minimum Gasteiger partial charge on any atom is -0.871 e. The number of rotatable bonds is 1. The number of oxazole rings is 1. The average Bonchev–Trinajstić information content (AvgIpc) is 2.90. The van der Waals surface area contributed by atoms with Crippen molar-refractivity contribution >= 4 is 32.2 Å². The standard InChI is InChI=1S/C16H9NO4.Be/c18-14-9-5-1-3-7-11(9)21-16(19)13(14)15-17-10-6-2-4-8-12(10)20-15;/h1-8,18H;/q;+2. The van der Waals surface area contributed by atoms with Gasteiger partial charge in [-0.05, 0) is 12.1 Å². The molecule has 0 aliphatic carbocycles. The van der Waals surface area contributed by atoms with E-state index < -0.39 is 11.4 Å². The van der Waals surface area contributed by atoms with E-state index in [0.29, 0.717) is 16.5 Å². The van der Waals surface area contributed by atoms with Gasteiger partial charge in [-0.15, -0.1) is 0 Å². The zero-order valence-electron chi connectivity index (χ0n) is 11.5. The van der Waals surface area contributed by atoms with Gasteiger partial charge in [0.25, 0.3) is 0 Å². The average molecular weight is 288 g/mol. The molecule has 22 heavy (non-hydrogen) atoms. The quantitative estimate of drug-likeness (QED) is 0.394. The summed E-state index contributed by atoms with van der Waals surface area (Å²) in [7, 11) is 0. The largest absolute Gasteiger partial charge is 2.00 e. The SMILES string of the molecule is O=c1oc2ccccc2c([O-])c1-c1[nH+]c2ccccc2o1.[Be+2]. The Kier molecular flexibility index (Phi) is 3.27. The second-order valence-electron chi connectivity index (χ2n) is 4.64. The summed E-state index contributed by atoms with van der Waals surface area (Å²) in [6.07, 6.45) is 0. The predicted molar refractivity (Wildman–Crippen MR) is 79.4 cm³/mol. The second-order valence-corrected chi connectivity index (χ2v) is 4.64. The molecule has 1 N–H and O–H groups in total. The van der Waals surface area contributed by atoms with Crippen LogP contribution in [0.1, 0.15) is 0 Å². The molecule has 4 aromatic rings. The van der Waals surface area contributed by atoms with Crippen molar-refractivity contribution in [1.29, 1.82) is 0 Å². The van der Waals surface area contributed by atoms with E-state index in [1.165, 1.54) is 0 Å². The van der Waals surface area contributed by atoms with E-state index in [1.54, 1.807) is 36.4 Å². The van der Waals surface area contributed by atoms with E-state index >= 15 is 0 Å². The number of hydrogen-bond acceptors (Lipinski definition) is 4. The molecular weight excluding hydrogens is 279 g/mol. The summed E-state index contributed by atoms with van der Waals surface area (Å²) in [4.78, 5) is 15.0. The first-order valence-corrected chi connectivity index (χ1v) is 6.38. The van der Waals surface area contributed by atoms with Gasteiger partial charge >= 0.3 is 21.6 Å². The number of hydrogen-bond donors (Lipinski definition) is 0. The maximum Gasteiger partial charge on any atom is 2.00 e. The van der Waals surface area contributed by atoms with Crippen LogP contribution < -0.4 is 15.7 Å². The molecule has 4 rings (SSSR count). The Morgan fingerprint density at radius 3 is 2.36 bits per heavy atom. The molecule has 2 heterocycles. The third-order valence-corrected chi connectivity index (χ3v) is 3.34. The Labute approximate surface area is 128 Å². The van der Waals surface area contributed by atoms with Crippen LogP contribution in [0.15, 0.2) is 62.2 Å². The zero-order valence-corrected chi connectivity index (χ0v) is 11.5. The molecule has 0 amide bonds. The fourth-order valence-electron chi connectivity index (χ4n) is 2.35. The van der Waals surface area contributed by atoms with Crippen molar-refractivity contribution in [2.24, 2.45) is 0 Å². The van der Waals surface area contributed by atoms with Gasteiger partial charge in [0.05, 0.1) is 0 Å². The third kappa shape index (κ3) is 1.99. The van der Waals surface area contributed by atoms with Gasteiger partial charge in [-0.1, -0.05) is 36.1 Å². The monoisotopic (exact) mass is 288 g/mol. The van der Waals surface area contributed by atoms with Gasteiger partial charge in [0, 0.05) is 11.5 Å². The van der Waals surface area contributed by atoms with Gasteiger partial charge < -0.3 is 13.9 Å². The van der Waals surface area contributed by atoms with Crippen molar-refractivity contribution in [2.75, 3.05) is 0 Å². The van der Waals surface area contributed by atoms with Gasteiger partial charge in [-0.25, -0.2) is 4.79 Å². The van der Waals surface area contributed by atoms with Crippen LogP contribution in [0.2, 0.25) is 0 Å². The number of nitrogens with one attached hydrogen (secondary N) is 1. The van der Waals surface area contributed by atoms with E-state index in [1.807, 2.05) is 12.1 Å². The molecule has 0 aliphatic heterocycles.